The molecule has 0 amide bonds. The first kappa shape index (κ1) is 12.7. The fourth-order valence-corrected chi connectivity index (χ4v) is 2.49. The van der Waals surface area contributed by atoms with Crippen LogP contribution in [0.25, 0.3) is 0 Å². The van der Waals surface area contributed by atoms with Crippen molar-refractivity contribution < 1.29 is 4.74 Å². The number of nitrogens with zero attached hydrogens (tertiary/aromatic N) is 1. The van der Waals surface area contributed by atoms with E-state index in [1.165, 1.54) is 0 Å². The van der Waals surface area contributed by atoms with Gasteiger partial charge in [-0.3, -0.25) is 4.90 Å². The minimum Gasteiger partial charge on any atom is -0.496 e. The van der Waals surface area contributed by atoms with Crippen molar-refractivity contribution in [2.45, 2.75) is 19.5 Å². The molecule has 4 heteroatoms. The van der Waals surface area contributed by atoms with Crippen LogP contribution < -0.4 is 10.1 Å². The zero-order valence-corrected chi connectivity index (χ0v) is 11.1. The normalized spacial score (nSPS) is 21.5. The van der Waals surface area contributed by atoms with Crippen molar-refractivity contribution in [1.29, 1.82) is 0 Å². The summed E-state index contributed by atoms with van der Waals surface area (Å²) in [4.78, 5) is 2.41. The molecule has 1 heterocycles. The molecule has 2 rings (SSSR count). The lowest BCUT2D eigenvalue weighted by molar-refractivity contribution is 0.197. The van der Waals surface area contributed by atoms with Crippen LogP contribution in [0.15, 0.2) is 18.2 Å². The fraction of sp³-hybridized carbons (Fsp3) is 0.538. The third-order valence-corrected chi connectivity index (χ3v) is 3.48. The molecule has 1 atom stereocenters. The van der Waals surface area contributed by atoms with Gasteiger partial charge in [-0.25, -0.2) is 0 Å². The molecule has 0 aliphatic carbocycles. The number of benzene rings is 1. The Morgan fingerprint density at radius 1 is 1.53 bits per heavy atom. The van der Waals surface area contributed by atoms with Crippen molar-refractivity contribution in [3.8, 4) is 5.75 Å². The first-order valence-electron chi connectivity index (χ1n) is 5.98. The van der Waals surface area contributed by atoms with E-state index in [0.717, 1.165) is 42.5 Å². The van der Waals surface area contributed by atoms with Gasteiger partial charge in [0.05, 0.1) is 7.11 Å². The molecule has 1 aromatic rings. The molecule has 1 N–H and O–H groups in total. The summed E-state index contributed by atoms with van der Waals surface area (Å²) in [5.74, 6) is 0.878. The van der Waals surface area contributed by atoms with Gasteiger partial charge in [-0.2, -0.15) is 0 Å². The molecule has 0 unspecified atom stereocenters. The molecule has 1 aromatic carbocycles. The maximum Gasteiger partial charge on any atom is 0.124 e. The number of halogens is 1. The standard InChI is InChI=1S/C13H19ClN2O/c1-10-8-16(7-6-15-10)9-11-12(14)4-3-5-13(11)17-2/h3-5,10,15H,6-9H2,1-2H3/t10-/m0/s1. The van der Waals surface area contributed by atoms with Crippen LogP contribution in [0, 0.1) is 0 Å². The summed E-state index contributed by atoms with van der Waals surface area (Å²) in [7, 11) is 1.69. The molecule has 0 spiro atoms. The predicted molar refractivity (Wildman–Crippen MR) is 70.7 cm³/mol. The highest BCUT2D eigenvalue weighted by atomic mass is 35.5. The third kappa shape index (κ3) is 3.12. The summed E-state index contributed by atoms with van der Waals surface area (Å²) in [5.41, 5.74) is 1.09. The van der Waals surface area contributed by atoms with E-state index in [1.807, 2.05) is 18.2 Å². The highest BCUT2D eigenvalue weighted by Gasteiger charge is 2.18. The molecule has 1 aliphatic heterocycles. The van der Waals surface area contributed by atoms with Gasteiger partial charge in [0.1, 0.15) is 5.75 Å². The Morgan fingerprint density at radius 2 is 2.35 bits per heavy atom. The number of piperazine rings is 1. The smallest absolute Gasteiger partial charge is 0.124 e. The average Bonchev–Trinajstić information content (AvgIpc) is 2.32. The molecule has 1 saturated heterocycles. The minimum absolute atomic E-state index is 0.539. The second-order valence-electron chi connectivity index (χ2n) is 4.51. The van der Waals surface area contributed by atoms with E-state index >= 15 is 0 Å². The largest absolute Gasteiger partial charge is 0.496 e. The summed E-state index contributed by atoms with van der Waals surface area (Å²) < 4.78 is 5.37. The zero-order valence-electron chi connectivity index (χ0n) is 10.4. The predicted octanol–water partition coefficient (Wildman–Crippen LogP) is 2.14. The van der Waals surface area contributed by atoms with Crippen molar-refractivity contribution in [1.82, 2.24) is 10.2 Å². The molecule has 1 fully saturated rings. The fourth-order valence-electron chi connectivity index (χ4n) is 2.26. The zero-order chi connectivity index (χ0) is 12.3. The van der Waals surface area contributed by atoms with E-state index in [-0.39, 0.29) is 0 Å². The van der Waals surface area contributed by atoms with Crippen LogP contribution in [-0.4, -0.2) is 37.7 Å². The number of nitrogens with one attached hydrogen (secondary N) is 1. The second-order valence-corrected chi connectivity index (χ2v) is 4.92. The summed E-state index contributed by atoms with van der Waals surface area (Å²) >= 11 is 6.24. The molecule has 1 aliphatic rings. The lowest BCUT2D eigenvalue weighted by Crippen LogP contribution is -2.48. The molecule has 0 radical (unpaired) electrons. The first-order chi connectivity index (χ1) is 8.20. The highest BCUT2D eigenvalue weighted by Crippen LogP contribution is 2.27. The van der Waals surface area contributed by atoms with Gasteiger partial charge in [0.15, 0.2) is 0 Å². The van der Waals surface area contributed by atoms with Gasteiger partial charge in [-0.1, -0.05) is 17.7 Å². The molecule has 0 saturated carbocycles. The molecule has 94 valence electrons. The van der Waals surface area contributed by atoms with Crippen molar-refractivity contribution in [3.05, 3.63) is 28.8 Å². The molecular formula is C13H19ClN2O. The Bertz CT molecular complexity index is 384. The van der Waals surface area contributed by atoms with Crippen molar-refractivity contribution >= 4 is 11.6 Å². The maximum atomic E-state index is 6.24. The Hall–Kier alpha value is -0.770. The van der Waals surface area contributed by atoms with Crippen LogP contribution in [0.1, 0.15) is 12.5 Å². The number of ether oxygens (including phenoxy) is 1. The summed E-state index contributed by atoms with van der Waals surface area (Å²) in [6, 6.07) is 6.35. The maximum absolute atomic E-state index is 6.24. The minimum atomic E-state index is 0.539. The van der Waals surface area contributed by atoms with Crippen LogP contribution >= 0.6 is 11.6 Å². The Labute approximate surface area is 108 Å². The van der Waals surface area contributed by atoms with Crippen molar-refractivity contribution in [2.75, 3.05) is 26.7 Å². The van der Waals surface area contributed by atoms with Gasteiger partial charge in [0, 0.05) is 42.8 Å². The number of rotatable bonds is 3. The SMILES string of the molecule is COc1cccc(Cl)c1CN1CCN[C@@H](C)C1. The quantitative estimate of drug-likeness (QED) is 0.895. The van der Waals surface area contributed by atoms with Crippen LogP contribution in [-0.2, 0) is 6.54 Å². The molecule has 17 heavy (non-hydrogen) atoms. The van der Waals surface area contributed by atoms with Crippen LogP contribution in [0.5, 0.6) is 5.75 Å². The monoisotopic (exact) mass is 254 g/mol. The van der Waals surface area contributed by atoms with E-state index < -0.39 is 0 Å². The van der Waals surface area contributed by atoms with Gasteiger partial charge < -0.3 is 10.1 Å². The topological polar surface area (TPSA) is 24.5 Å². The van der Waals surface area contributed by atoms with E-state index in [9.17, 15) is 0 Å². The van der Waals surface area contributed by atoms with Crippen LogP contribution in [0.2, 0.25) is 5.02 Å². The summed E-state index contributed by atoms with van der Waals surface area (Å²) in [6.45, 7) is 6.20. The lowest BCUT2D eigenvalue weighted by atomic mass is 10.1. The molecule has 3 nitrogen and oxygen atoms in total. The molecule has 0 bridgehead atoms. The van der Waals surface area contributed by atoms with E-state index in [0.29, 0.717) is 6.04 Å². The van der Waals surface area contributed by atoms with E-state index in [4.69, 9.17) is 16.3 Å². The van der Waals surface area contributed by atoms with Gasteiger partial charge in [-0.05, 0) is 19.1 Å². The van der Waals surface area contributed by atoms with Crippen LogP contribution in [0.4, 0.5) is 0 Å². The molecule has 0 aromatic heterocycles. The number of hydrogen-bond acceptors (Lipinski definition) is 3. The average molecular weight is 255 g/mol. The van der Waals surface area contributed by atoms with Crippen molar-refractivity contribution in [3.63, 3.8) is 0 Å². The lowest BCUT2D eigenvalue weighted by Gasteiger charge is -2.32. The van der Waals surface area contributed by atoms with Crippen LogP contribution in [0.3, 0.4) is 0 Å². The van der Waals surface area contributed by atoms with Crippen molar-refractivity contribution in [2.24, 2.45) is 0 Å². The molecular weight excluding hydrogens is 236 g/mol. The number of hydrogen-bond donors (Lipinski definition) is 1. The van der Waals surface area contributed by atoms with E-state index in [1.54, 1.807) is 7.11 Å². The van der Waals surface area contributed by atoms with Gasteiger partial charge in [-0.15, -0.1) is 0 Å². The second kappa shape index (κ2) is 5.71. The number of methoxy groups -OCH3 is 1. The first-order valence-corrected chi connectivity index (χ1v) is 6.35. The Kier molecular flexibility index (Phi) is 4.26. The Balaban J connectivity index is 2.12. The Morgan fingerprint density at radius 3 is 3.06 bits per heavy atom. The third-order valence-electron chi connectivity index (χ3n) is 3.13. The van der Waals surface area contributed by atoms with Gasteiger partial charge in [0.2, 0.25) is 0 Å². The van der Waals surface area contributed by atoms with E-state index in [2.05, 4.69) is 17.1 Å². The summed E-state index contributed by atoms with van der Waals surface area (Å²) in [6.07, 6.45) is 0. The van der Waals surface area contributed by atoms with Gasteiger partial charge in [0.25, 0.3) is 0 Å². The summed E-state index contributed by atoms with van der Waals surface area (Å²) in [5, 5.41) is 4.22. The highest BCUT2D eigenvalue weighted by molar-refractivity contribution is 6.31. The van der Waals surface area contributed by atoms with Gasteiger partial charge >= 0.3 is 0 Å².